The molecule has 0 N–H and O–H groups in total. The molecule has 10 aromatic rings. The van der Waals surface area contributed by atoms with Gasteiger partial charge in [0.05, 0.1) is 5.41 Å². The SMILES string of the molecule is c1ccc(-c2ccc(-c3nc4ccc(N(c5ccc6c(c5)C(c5ccccc5)(c5ccccc5)c5ccccc5-6)c5ccc6ccccc6c5)cc4o3)cc2)cc1. The fourth-order valence-corrected chi connectivity index (χ4v) is 8.95. The Morgan fingerprint density at radius 3 is 1.68 bits per heavy atom. The van der Waals surface area contributed by atoms with Crippen molar-refractivity contribution in [2.24, 2.45) is 0 Å². The van der Waals surface area contributed by atoms with Gasteiger partial charge in [0.2, 0.25) is 5.89 Å². The van der Waals surface area contributed by atoms with E-state index in [-0.39, 0.29) is 0 Å². The highest BCUT2D eigenvalue weighted by molar-refractivity contribution is 5.93. The fourth-order valence-electron chi connectivity index (χ4n) is 8.95. The third-order valence-corrected chi connectivity index (χ3v) is 11.6. The highest BCUT2D eigenvalue weighted by atomic mass is 16.3. The number of hydrogen-bond acceptors (Lipinski definition) is 3. The third-order valence-electron chi connectivity index (χ3n) is 11.6. The Kier molecular flexibility index (Phi) is 7.71. The molecule has 1 aliphatic carbocycles. The summed E-state index contributed by atoms with van der Waals surface area (Å²) in [4.78, 5) is 7.30. The van der Waals surface area contributed by atoms with Crippen molar-refractivity contribution in [3.8, 4) is 33.7 Å². The minimum atomic E-state index is -0.515. The standard InChI is InChI=1S/C54H36N2O/c1-4-14-37(15-5-1)39-24-26-40(27-25-39)53-55-51-33-31-46(36-52(51)57-53)56(44-29-28-38-16-10-11-17-41(38)34-44)45-30-32-48-47-22-12-13-23-49(47)54(50(48)35-45,42-18-6-2-7-19-42)43-20-8-3-9-21-43/h1-36H. The number of anilines is 3. The molecule has 0 unspecified atom stereocenters. The molecule has 0 amide bonds. The Morgan fingerprint density at radius 2 is 0.930 bits per heavy atom. The van der Waals surface area contributed by atoms with Crippen LogP contribution in [0, 0.1) is 0 Å². The van der Waals surface area contributed by atoms with E-state index >= 15 is 0 Å². The molecule has 1 aliphatic rings. The number of hydrogen-bond donors (Lipinski definition) is 0. The van der Waals surface area contributed by atoms with Gasteiger partial charge in [-0.3, -0.25) is 0 Å². The smallest absolute Gasteiger partial charge is 0.227 e. The average molecular weight is 729 g/mol. The van der Waals surface area contributed by atoms with Crippen molar-refractivity contribution < 1.29 is 4.42 Å². The number of aromatic nitrogens is 1. The van der Waals surface area contributed by atoms with Crippen LogP contribution in [-0.2, 0) is 5.41 Å². The number of oxazole rings is 1. The first-order chi connectivity index (χ1) is 28.2. The van der Waals surface area contributed by atoms with Crippen LogP contribution in [0.25, 0.3) is 55.6 Å². The maximum absolute atomic E-state index is 6.56. The average Bonchev–Trinajstić information content (AvgIpc) is 3.85. The van der Waals surface area contributed by atoms with Crippen molar-refractivity contribution in [1.82, 2.24) is 4.98 Å². The van der Waals surface area contributed by atoms with Crippen LogP contribution in [0.1, 0.15) is 22.3 Å². The summed E-state index contributed by atoms with van der Waals surface area (Å²) in [5, 5.41) is 2.38. The fraction of sp³-hybridized carbons (Fsp3) is 0.0185. The van der Waals surface area contributed by atoms with Crippen LogP contribution in [0.5, 0.6) is 0 Å². The van der Waals surface area contributed by atoms with E-state index in [4.69, 9.17) is 9.40 Å². The summed E-state index contributed by atoms with van der Waals surface area (Å²) in [5.74, 6) is 0.602. The van der Waals surface area contributed by atoms with Gasteiger partial charge in [0, 0.05) is 28.7 Å². The van der Waals surface area contributed by atoms with E-state index in [9.17, 15) is 0 Å². The van der Waals surface area contributed by atoms with Crippen molar-refractivity contribution in [3.63, 3.8) is 0 Å². The van der Waals surface area contributed by atoms with E-state index in [0.717, 1.165) is 39.3 Å². The Balaban J connectivity index is 1.09. The lowest BCUT2D eigenvalue weighted by Crippen LogP contribution is -2.28. The second kappa shape index (κ2) is 13.4. The maximum atomic E-state index is 6.56. The molecule has 0 fully saturated rings. The zero-order chi connectivity index (χ0) is 37.8. The van der Waals surface area contributed by atoms with Crippen LogP contribution < -0.4 is 4.90 Å². The summed E-state index contributed by atoms with van der Waals surface area (Å²) in [6.07, 6.45) is 0. The molecule has 0 aliphatic heterocycles. The predicted molar refractivity (Wildman–Crippen MR) is 234 cm³/mol. The van der Waals surface area contributed by atoms with Gasteiger partial charge in [-0.25, -0.2) is 4.98 Å². The lowest BCUT2D eigenvalue weighted by molar-refractivity contribution is 0.620. The second-order valence-electron chi connectivity index (χ2n) is 14.7. The Bertz CT molecular complexity index is 3020. The quantitative estimate of drug-likeness (QED) is 0.164. The highest BCUT2D eigenvalue weighted by Gasteiger charge is 2.46. The largest absolute Gasteiger partial charge is 0.436 e. The Morgan fingerprint density at radius 1 is 0.386 bits per heavy atom. The molecule has 1 heterocycles. The molecule has 1 aromatic heterocycles. The first-order valence-corrected chi connectivity index (χ1v) is 19.4. The summed E-state index contributed by atoms with van der Waals surface area (Å²) in [5.41, 5.74) is 14.9. The van der Waals surface area contributed by atoms with Gasteiger partial charge in [0.1, 0.15) is 5.52 Å². The second-order valence-corrected chi connectivity index (χ2v) is 14.7. The number of fused-ring (bicyclic) bond motifs is 5. The summed E-state index contributed by atoms with van der Waals surface area (Å²) < 4.78 is 6.56. The van der Waals surface area contributed by atoms with E-state index in [1.165, 1.54) is 49.7 Å². The van der Waals surface area contributed by atoms with Crippen LogP contribution in [-0.4, -0.2) is 4.98 Å². The minimum absolute atomic E-state index is 0.515. The molecule has 3 nitrogen and oxygen atoms in total. The van der Waals surface area contributed by atoms with E-state index < -0.39 is 5.41 Å². The van der Waals surface area contributed by atoms with E-state index in [0.29, 0.717) is 5.89 Å². The van der Waals surface area contributed by atoms with Gasteiger partial charge in [-0.2, -0.15) is 0 Å². The normalized spacial score (nSPS) is 12.7. The van der Waals surface area contributed by atoms with Gasteiger partial charge >= 0.3 is 0 Å². The molecule has 57 heavy (non-hydrogen) atoms. The van der Waals surface area contributed by atoms with E-state index in [1.807, 2.05) is 6.07 Å². The Hall–Kier alpha value is -7.49. The van der Waals surface area contributed by atoms with Gasteiger partial charge in [0.25, 0.3) is 0 Å². The van der Waals surface area contributed by atoms with Crippen molar-refractivity contribution in [1.29, 1.82) is 0 Å². The van der Waals surface area contributed by atoms with E-state index in [2.05, 4.69) is 217 Å². The van der Waals surface area contributed by atoms with Gasteiger partial charge in [-0.05, 0) is 104 Å². The lowest BCUT2D eigenvalue weighted by atomic mass is 9.67. The molecule has 0 saturated carbocycles. The van der Waals surface area contributed by atoms with Crippen LogP contribution in [0.15, 0.2) is 223 Å². The molecular weight excluding hydrogens is 693 g/mol. The zero-order valence-corrected chi connectivity index (χ0v) is 31.1. The molecule has 0 saturated heterocycles. The van der Waals surface area contributed by atoms with Crippen molar-refractivity contribution >= 4 is 38.9 Å². The van der Waals surface area contributed by atoms with Crippen molar-refractivity contribution in [2.45, 2.75) is 5.41 Å². The summed E-state index contributed by atoms with van der Waals surface area (Å²) in [7, 11) is 0. The van der Waals surface area contributed by atoms with Gasteiger partial charge in [0.15, 0.2) is 5.58 Å². The zero-order valence-electron chi connectivity index (χ0n) is 31.1. The van der Waals surface area contributed by atoms with Crippen LogP contribution >= 0.6 is 0 Å². The van der Waals surface area contributed by atoms with Crippen molar-refractivity contribution in [2.75, 3.05) is 4.90 Å². The summed E-state index contributed by atoms with van der Waals surface area (Å²) in [6, 6.07) is 78.3. The molecule has 9 aromatic carbocycles. The molecule has 11 rings (SSSR count). The number of nitrogens with zero attached hydrogens (tertiary/aromatic N) is 2. The van der Waals surface area contributed by atoms with Gasteiger partial charge in [-0.1, -0.05) is 164 Å². The predicted octanol–water partition coefficient (Wildman–Crippen LogP) is 14.1. The van der Waals surface area contributed by atoms with Crippen LogP contribution in [0.4, 0.5) is 17.1 Å². The lowest BCUT2D eigenvalue weighted by Gasteiger charge is -2.35. The van der Waals surface area contributed by atoms with Crippen LogP contribution in [0.2, 0.25) is 0 Å². The monoisotopic (exact) mass is 728 g/mol. The molecule has 0 radical (unpaired) electrons. The molecule has 0 atom stereocenters. The molecule has 0 bridgehead atoms. The maximum Gasteiger partial charge on any atom is 0.227 e. The summed E-state index contributed by atoms with van der Waals surface area (Å²) in [6.45, 7) is 0. The molecular formula is C54H36N2O. The molecule has 0 spiro atoms. The number of benzene rings is 9. The topological polar surface area (TPSA) is 29.3 Å². The summed E-state index contributed by atoms with van der Waals surface area (Å²) >= 11 is 0. The first kappa shape index (κ1) is 32.9. The van der Waals surface area contributed by atoms with E-state index in [1.54, 1.807) is 0 Å². The molecule has 268 valence electrons. The van der Waals surface area contributed by atoms with Gasteiger partial charge < -0.3 is 9.32 Å². The Labute approximate surface area is 331 Å². The third kappa shape index (κ3) is 5.39. The van der Waals surface area contributed by atoms with Crippen molar-refractivity contribution in [3.05, 3.63) is 241 Å². The minimum Gasteiger partial charge on any atom is -0.436 e. The molecule has 3 heteroatoms. The first-order valence-electron chi connectivity index (χ1n) is 19.4. The highest BCUT2D eigenvalue weighted by Crippen LogP contribution is 2.57. The number of rotatable bonds is 7. The van der Waals surface area contributed by atoms with Gasteiger partial charge in [-0.15, -0.1) is 0 Å². The van der Waals surface area contributed by atoms with Crippen LogP contribution in [0.3, 0.4) is 0 Å².